The van der Waals surface area contributed by atoms with Crippen molar-refractivity contribution in [2.24, 2.45) is 11.5 Å². The zero-order valence-corrected chi connectivity index (χ0v) is 60.1. The van der Waals surface area contributed by atoms with Gasteiger partial charge in [-0.2, -0.15) is 0 Å². The van der Waals surface area contributed by atoms with Gasteiger partial charge in [-0.05, 0) is 125 Å². The molecule has 4 aliphatic heterocycles. The van der Waals surface area contributed by atoms with E-state index >= 15 is 0 Å². The number of hydrogen-bond donors (Lipinski definition) is 9. The molecule has 4 heterocycles. The molecule has 0 bridgehead atoms. The maximum absolute atomic E-state index is 12.6. The number of alkyl carbamates (subject to hydrolysis) is 1. The number of esters is 3. The van der Waals surface area contributed by atoms with Crippen LogP contribution in [-0.4, -0.2) is 225 Å². The van der Waals surface area contributed by atoms with Gasteiger partial charge in [0.1, 0.15) is 53.1 Å². The fraction of sp³-hybridized carbons (Fsp3) is 0.613. The van der Waals surface area contributed by atoms with Crippen LogP contribution in [0.2, 0.25) is 0 Å². The monoisotopic (exact) mass is 1490 g/mol. The molecule has 4 fully saturated rings. The summed E-state index contributed by atoms with van der Waals surface area (Å²) in [4.78, 5) is 133. The number of ether oxygens (including phenoxy) is 6. The average Bonchev–Trinajstić information content (AvgIpc) is 1.71. The molecule has 0 spiro atoms. The van der Waals surface area contributed by atoms with Gasteiger partial charge in [-0.15, -0.1) is 0 Å². The van der Waals surface area contributed by atoms with Gasteiger partial charge < -0.3 is 86.3 Å². The van der Waals surface area contributed by atoms with Gasteiger partial charge in [0.25, 0.3) is 0 Å². The number of nitrogens with two attached hydrogens (primary N) is 2. The molecule has 11 N–H and O–H groups in total. The Morgan fingerprint density at radius 2 is 0.762 bits per heavy atom. The lowest BCUT2D eigenvalue weighted by Gasteiger charge is -2.27. The van der Waals surface area contributed by atoms with Gasteiger partial charge in [0, 0.05) is 70.0 Å². The Morgan fingerprint density at radius 1 is 0.438 bits per heavy atom. The average molecular weight is 1490 g/mol. The van der Waals surface area contributed by atoms with Crippen LogP contribution in [0.4, 0.5) is 14.4 Å². The van der Waals surface area contributed by atoms with E-state index in [1.54, 1.807) is 83.1 Å². The highest BCUT2D eigenvalue weighted by Crippen LogP contribution is 2.25. The highest BCUT2D eigenvalue weighted by atomic mass is 16.6. The summed E-state index contributed by atoms with van der Waals surface area (Å²) in [5.74, 6) is -5.02. The Hall–Kier alpha value is -8.97. The van der Waals surface area contributed by atoms with Crippen molar-refractivity contribution in [3.05, 3.63) is 108 Å². The number of carboxylic acids is 3. The quantitative estimate of drug-likeness (QED) is 0.0402. The minimum Gasteiger partial charge on any atom is -0.481 e. The first-order valence-corrected chi connectivity index (χ1v) is 33.0. The maximum Gasteiger partial charge on any atom is 0.411 e. The fourth-order valence-corrected chi connectivity index (χ4v) is 10.5. The number of rotatable bonds is 19. The molecule has 7 rings (SSSR count). The van der Waals surface area contributed by atoms with E-state index < -0.39 is 101 Å². The van der Waals surface area contributed by atoms with E-state index in [4.69, 9.17) is 55.2 Å². The lowest BCUT2D eigenvalue weighted by Crippen LogP contribution is -2.47. The Bertz CT molecular complexity index is 3140. The van der Waals surface area contributed by atoms with E-state index in [0.29, 0.717) is 58.5 Å². The van der Waals surface area contributed by atoms with Gasteiger partial charge in [0.15, 0.2) is 0 Å². The third kappa shape index (κ3) is 38.6. The van der Waals surface area contributed by atoms with Crippen LogP contribution in [0, 0.1) is 0 Å². The van der Waals surface area contributed by atoms with Crippen LogP contribution in [0.15, 0.2) is 91.0 Å². The van der Waals surface area contributed by atoms with Crippen LogP contribution >= 0.6 is 0 Å². The van der Waals surface area contributed by atoms with Crippen LogP contribution in [0.5, 0.6) is 0 Å². The number of likely N-dealkylation sites (tertiary alicyclic amines) is 4. The third-order valence-electron chi connectivity index (χ3n) is 14.9. The van der Waals surface area contributed by atoms with E-state index in [9.17, 15) is 52.7 Å². The van der Waals surface area contributed by atoms with Crippen LogP contribution in [0.25, 0.3) is 0 Å². The van der Waals surface area contributed by atoms with E-state index in [1.165, 1.54) is 33.8 Å². The second kappa shape index (κ2) is 47.5. The first kappa shape index (κ1) is 100. The smallest absolute Gasteiger partial charge is 0.411 e. The third-order valence-corrected chi connectivity index (χ3v) is 14.9. The Morgan fingerprint density at radius 3 is 1.10 bits per heavy atom. The maximum atomic E-state index is 12.6. The van der Waals surface area contributed by atoms with Gasteiger partial charge in [0.2, 0.25) is 11.8 Å². The standard InChI is InChI=1S/C20H29N3O5.C18H26N2O4.C14H19N3O3.C10H18N2O4.C8H14O4.5CH4/c1-20(2,3)28-19(26)22-12-17(24)23-13-15(10-16(23)18(25)27-4)21-11-14-8-6-5-7-9-14;1-18(2,3)24-17(22)20-12-14(10-15(20)16(21)23-4)19-11-13-8-6-5-7-9-13;15-7-13(18)17-9-11(6-12(17)14(19)20)16-8-10-4-2-1-3-5-10;1-10(2,3)16-9(15)12-5-6(11)4-7(12)8(13)14;1-8(2,3)12-7(11)5-4-6(9)10;;;;;/h5-9,15-16,21H,10-13H2,1-4H3,(H,22,26);5-9,14-15,19H,10-12H2,1-4H3;1-5,11-12,16H,6-9,15H2,(H,19,20);6-7H,4-5,11H2,1-3H3,(H,13,14);4-5H2,1-3H3,(H,9,10);5*1H4/t15-,16+;14-,15+;11-,12+;6-,7+;;;;;;/m1111....../s1. The van der Waals surface area contributed by atoms with Crippen molar-refractivity contribution in [2.75, 3.05) is 53.5 Å². The lowest BCUT2D eigenvalue weighted by atomic mass is 10.1. The van der Waals surface area contributed by atoms with E-state index in [-0.39, 0.29) is 112 Å². The molecule has 8 atom stereocenters. The van der Waals surface area contributed by atoms with Crippen LogP contribution in [-0.2, 0) is 86.4 Å². The van der Waals surface area contributed by atoms with Crippen molar-refractivity contribution in [1.29, 1.82) is 0 Å². The molecular weight excluding hydrogens is 1360 g/mol. The molecule has 30 heteroatoms. The van der Waals surface area contributed by atoms with Gasteiger partial charge >= 0.3 is 54.1 Å². The molecule has 0 aromatic heterocycles. The first-order chi connectivity index (χ1) is 46.6. The molecule has 4 saturated heterocycles. The van der Waals surface area contributed by atoms with Crippen molar-refractivity contribution in [3.8, 4) is 0 Å². The van der Waals surface area contributed by atoms with Crippen molar-refractivity contribution in [3.63, 3.8) is 0 Å². The van der Waals surface area contributed by atoms with Crippen LogP contribution in [0.3, 0.4) is 0 Å². The molecule has 0 unspecified atom stereocenters. The van der Waals surface area contributed by atoms with Crippen molar-refractivity contribution in [2.45, 2.75) is 249 Å². The normalized spacial score (nSPS) is 19.2. The number of hydrogen-bond acceptors (Lipinski definition) is 22. The zero-order valence-electron chi connectivity index (χ0n) is 60.1. The summed E-state index contributed by atoms with van der Waals surface area (Å²) in [5, 5.41) is 38.9. The number of carboxylic acid groups (broad SMARTS) is 3. The summed E-state index contributed by atoms with van der Waals surface area (Å²) in [5.41, 5.74) is 11.9. The Kier molecular flexibility index (Phi) is 45.3. The summed E-state index contributed by atoms with van der Waals surface area (Å²) >= 11 is 0. The zero-order chi connectivity index (χ0) is 75.3. The van der Waals surface area contributed by atoms with E-state index in [1.807, 2.05) is 91.0 Å². The van der Waals surface area contributed by atoms with Gasteiger partial charge in [-0.25, -0.2) is 33.6 Å². The molecule has 4 aliphatic rings. The van der Waals surface area contributed by atoms with E-state index in [0.717, 1.165) is 16.7 Å². The molecular formula is C75H126N10O20. The number of nitrogens with zero attached hydrogens (tertiary/aromatic N) is 4. The van der Waals surface area contributed by atoms with Gasteiger partial charge in [0.05, 0.1) is 33.6 Å². The second-order valence-corrected chi connectivity index (χ2v) is 28.1. The minimum absolute atomic E-state index is 0. The highest BCUT2D eigenvalue weighted by Gasteiger charge is 2.44. The lowest BCUT2D eigenvalue weighted by molar-refractivity contribution is -0.157. The van der Waals surface area contributed by atoms with Crippen molar-refractivity contribution in [1.82, 2.24) is 40.9 Å². The van der Waals surface area contributed by atoms with Crippen LogP contribution < -0.4 is 32.7 Å². The van der Waals surface area contributed by atoms with Crippen molar-refractivity contribution < 1.29 is 96.5 Å². The molecule has 0 aliphatic carbocycles. The fourth-order valence-electron chi connectivity index (χ4n) is 10.5. The summed E-state index contributed by atoms with van der Waals surface area (Å²) in [6, 6.07) is 26.4. The Balaban J connectivity index is -0.00000125. The predicted molar refractivity (Wildman–Crippen MR) is 401 cm³/mol. The Labute approximate surface area is 622 Å². The predicted octanol–water partition coefficient (Wildman–Crippen LogP) is 8.34. The molecule has 105 heavy (non-hydrogen) atoms. The SMILES string of the molecule is C.C.C.C.C.CC(C)(C)OC(=O)CCC(=O)O.CC(C)(C)OC(=O)N1C[C@H](N)C[C@H]1C(=O)O.COC(=O)[C@@H]1C[C@@H](NCc2ccccc2)CN1C(=O)CNC(=O)OC(C)(C)C.COC(=O)[C@@H]1C[C@@H](NCc2ccccc2)CN1C(=O)OC(C)(C)C.NCC(=O)N1C[C@H](NCc2ccccc2)C[C@H]1C(=O)O. The van der Waals surface area contributed by atoms with E-state index in [2.05, 4.69) is 21.3 Å². The number of methoxy groups -OCH3 is 2. The number of amides is 5. The number of nitrogens with one attached hydrogen (secondary N) is 4. The highest BCUT2D eigenvalue weighted by molar-refractivity contribution is 5.88. The molecule has 3 aromatic carbocycles. The number of benzene rings is 3. The molecule has 0 saturated carbocycles. The summed E-state index contributed by atoms with van der Waals surface area (Å²) in [7, 11) is 2.63. The molecule has 3 aromatic rings. The first-order valence-electron chi connectivity index (χ1n) is 33.0. The molecule has 30 nitrogen and oxygen atoms in total. The summed E-state index contributed by atoms with van der Waals surface area (Å²) in [6.07, 6.45) is -0.358. The largest absolute Gasteiger partial charge is 0.481 e. The van der Waals surface area contributed by atoms with Crippen LogP contribution in [0.1, 0.15) is 175 Å². The molecule has 0 radical (unpaired) electrons. The number of carbonyl (C=O) groups is 11. The molecule has 596 valence electrons. The second-order valence-electron chi connectivity index (χ2n) is 28.1. The van der Waals surface area contributed by atoms with Gasteiger partial charge in [-0.3, -0.25) is 29.0 Å². The minimum atomic E-state index is -1.04. The van der Waals surface area contributed by atoms with Gasteiger partial charge in [-0.1, -0.05) is 128 Å². The number of carbonyl (C=O) groups excluding carboxylic acids is 8. The molecule has 5 amide bonds. The summed E-state index contributed by atoms with van der Waals surface area (Å²) < 4.78 is 30.2. The topological polar surface area (TPSA) is 417 Å². The number of aliphatic carboxylic acids is 3. The summed E-state index contributed by atoms with van der Waals surface area (Å²) in [6.45, 7) is 24.0. The van der Waals surface area contributed by atoms with Crippen molar-refractivity contribution >= 4 is 65.9 Å².